The molecule has 162 valence electrons. The Morgan fingerprint density at radius 3 is 2.78 bits per heavy atom. The molecule has 2 heterocycles. The van der Waals surface area contributed by atoms with Crippen LogP contribution < -0.4 is 10.1 Å². The number of carbonyl (C=O) groups is 1. The number of fused-ring (bicyclic) bond motifs is 1. The van der Waals surface area contributed by atoms with Crippen LogP contribution in [0.5, 0.6) is 5.75 Å². The van der Waals surface area contributed by atoms with E-state index in [0.717, 1.165) is 24.2 Å². The number of furan rings is 1. The molecule has 32 heavy (non-hydrogen) atoms. The van der Waals surface area contributed by atoms with Crippen LogP contribution in [0, 0.1) is 0 Å². The van der Waals surface area contributed by atoms with Crippen molar-refractivity contribution in [3.8, 4) is 5.75 Å². The molecule has 2 aliphatic rings. The summed E-state index contributed by atoms with van der Waals surface area (Å²) in [5.74, 6) is 1.95. The molecule has 0 bridgehead atoms. The van der Waals surface area contributed by atoms with Crippen molar-refractivity contribution < 1.29 is 13.9 Å². The number of aryl methyl sites for hydroxylation is 2. The normalized spacial score (nSPS) is 17.5. The Labute approximate surface area is 192 Å². The van der Waals surface area contributed by atoms with Gasteiger partial charge in [-0.25, -0.2) is 0 Å². The van der Waals surface area contributed by atoms with Crippen molar-refractivity contribution in [1.29, 1.82) is 0 Å². The highest BCUT2D eigenvalue weighted by atomic mass is 32.1. The van der Waals surface area contributed by atoms with Gasteiger partial charge in [-0.2, -0.15) is 0 Å². The summed E-state index contributed by atoms with van der Waals surface area (Å²) in [6, 6.07) is 19.7. The molecule has 1 aromatic heterocycles. The van der Waals surface area contributed by atoms with Crippen molar-refractivity contribution in [2.45, 2.75) is 38.8 Å². The maximum absolute atomic E-state index is 13.0. The molecule has 0 spiro atoms. The molecule has 0 saturated carbocycles. The molecule has 0 radical (unpaired) electrons. The summed E-state index contributed by atoms with van der Waals surface area (Å²) in [5, 5.41) is 3.41. The smallest absolute Gasteiger partial charge is 0.277 e. The number of amides is 1. The van der Waals surface area contributed by atoms with E-state index in [9.17, 15) is 4.79 Å². The Balaban J connectivity index is 1.26. The van der Waals surface area contributed by atoms with Crippen LogP contribution in [-0.4, -0.2) is 15.9 Å². The lowest BCUT2D eigenvalue weighted by Crippen LogP contribution is -2.33. The lowest BCUT2D eigenvalue weighted by atomic mass is 10.1. The molecule has 1 N–H and O–H groups in total. The second-order valence-electron chi connectivity index (χ2n) is 8.13. The van der Waals surface area contributed by atoms with Crippen LogP contribution >= 0.6 is 12.2 Å². The predicted octanol–water partition coefficient (Wildman–Crippen LogP) is 5.17. The van der Waals surface area contributed by atoms with Crippen LogP contribution in [0.25, 0.3) is 6.08 Å². The van der Waals surface area contributed by atoms with E-state index in [0.29, 0.717) is 28.9 Å². The first-order valence-corrected chi connectivity index (χ1v) is 11.2. The maximum Gasteiger partial charge on any atom is 0.277 e. The lowest BCUT2D eigenvalue weighted by Gasteiger charge is -2.23. The van der Waals surface area contributed by atoms with Crippen molar-refractivity contribution in [1.82, 2.24) is 10.2 Å². The SMILES string of the molecule is CC(c1ccccc1)N1C(=O)C(=Cc2ccc(COc3ccc4c(c3)CCC4)o2)NC1=S. The number of nitrogens with zero attached hydrogens (tertiary/aromatic N) is 1. The average Bonchev–Trinajstić information content (AvgIpc) is 3.52. The summed E-state index contributed by atoms with van der Waals surface area (Å²) < 4.78 is 11.8. The Kier molecular flexibility index (Phi) is 5.53. The lowest BCUT2D eigenvalue weighted by molar-refractivity contribution is -0.123. The molecule has 1 amide bonds. The van der Waals surface area contributed by atoms with Gasteiger partial charge in [-0.3, -0.25) is 9.69 Å². The zero-order valence-electron chi connectivity index (χ0n) is 17.8. The Bertz CT molecular complexity index is 1200. The monoisotopic (exact) mass is 444 g/mol. The fourth-order valence-electron chi connectivity index (χ4n) is 4.27. The number of ether oxygens (including phenoxy) is 1. The number of benzene rings is 2. The van der Waals surface area contributed by atoms with Gasteiger partial charge in [0.15, 0.2) is 5.11 Å². The summed E-state index contributed by atoms with van der Waals surface area (Å²) in [5.41, 5.74) is 4.23. The van der Waals surface area contributed by atoms with Crippen molar-refractivity contribution in [2.24, 2.45) is 0 Å². The molecule has 1 atom stereocenters. The molecule has 1 unspecified atom stereocenters. The molecule has 5 nitrogen and oxygen atoms in total. The van der Waals surface area contributed by atoms with E-state index >= 15 is 0 Å². The van der Waals surface area contributed by atoms with Gasteiger partial charge in [-0.1, -0.05) is 36.4 Å². The second-order valence-corrected chi connectivity index (χ2v) is 8.51. The van der Waals surface area contributed by atoms with E-state index in [1.807, 2.05) is 55.5 Å². The molecule has 1 aliphatic carbocycles. The number of thiocarbonyl (C=S) groups is 1. The molecule has 1 fully saturated rings. The van der Waals surface area contributed by atoms with E-state index in [1.54, 1.807) is 11.0 Å². The molecule has 3 aromatic rings. The highest BCUT2D eigenvalue weighted by molar-refractivity contribution is 7.80. The van der Waals surface area contributed by atoms with E-state index in [4.69, 9.17) is 21.4 Å². The number of hydrogen-bond acceptors (Lipinski definition) is 4. The highest BCUT2D eigenvalue weighted by Gasteiger charge is 2.35. The zero-order valence-corrected chi connectivity index (χ0v) is 18.7. The van der Waals surface area contributed by atoms with Gasteiger partial charge in [0.05, 0.1) is 6.04 Å². The van der Waals surface area contributed by atoms with Crippen molar-refractivity contribution in [3.05, 3.63) is 94.6 Å². The fourth-order valence-corrected chi connectivity index (χ4v) is 4.62. The number of carbonyl (C=O) groups excluding carboxylic acids is 1. The summed E-state index contributed by atoms with van der Waals surface area (Å²) in [6.45, 7) is 2.30. The third-order valence-corrected chi connectivity index (χ3v) is 6.30. The first-order valence-electron chi connectivity index (χ1n) is 10.8. The first-order chi connectivity index (χ1) is 15.6. The van der Waals surface area contributed by atoms with Gasteiger partial charge in [0.25, 0.3) is 5.91 Å². The average molecular weight is 445 g/mol. The maximum atomic E-state index is 13.0. The molecule has 1 saturated heterocycles. The Hall–Kier alpha value is -3.38. The molecule has 2 aromatic carbocycles. The van der Waals surface area contributed by atoms with Crippen LogP contribution in [0.15, 0.2) is 70.8 Å². The quantitative estimate of drug-likeness (QED) is 0.420. The molecule has 5 rings (SSSR count). The zero-order chi connectivity index (χ0) is 22.1. The van der Waals surface area contributed by atoms with Gasteiger partial charge in [-0.15, -0.1) is 0 Å². The second kappa shape index (κ2) is 8.63. The van der Waals surface area contributed by atoms with E-state index < -0.39 is 0 Å². The van der Waals surface area contributed by atoms with Crippen molar-refractivity contribution in [2.75, 3.05) is 0 Å². The van der Waals surface area contributed by atoms with Gasteiger partial charge < -0.3 is 14.5 Å². The standard InChI is InChI=1S/C26H24N2O3S/c1-17(18-6-3-2-4-7-18)28-25(29)24(27-26(28)32)15-22-12-13-23(31-22)16-30-21-11-10-19-8-5-9-20(19)14-21/h2-4,6-7,10-15,17H,5,8-9,16H2,1H3,(H,27,32). The predicted molar refractivity (Wildman–Crippen MR) is 127 cm³/mol. The van der Waals surface area contributed by atoms with E-state index in [-0.39, 0.29) is 11.9 Å². The molecule has 1 aliphatic heterocycles. The molecule has 6 heteroatoms. The van der Waals surface area contributed by atoms with Gasteiger partial charge in [0, 0.05) is 6.08 Å². The van der Waals surface area contributed by atoms with Gasteiger partial charge in [0.1, 0.15) is 29.6 Å². The molecular formula is C26H24N2O3S. The van der Waals surface area contributed by atoms with Gasteiger partial charge in [0.2, 0.25) is 0 Å². The van der Waals surface area contributed by atoms with Crippen LogP contribution in [0.2, 0.25) is 0 Å². The summed E-state index contributed by atoms with van der Waals surface area (Å²) in [7, 11) is 0. The Morgan fingerprint density at radius 1 is 1.12 bits per heavy atom. The summed E-state index contributed by atoms with van der Waals surface area (Å²) in [4.78, 5) is 14.6. The number of nitrogens with one attached hydrogen (secondary N) is 1. The minimum absolute atomic E-state index is 0.164. The van der Waals surface area contributed by atoms with Crippen molar-refractivity contribution >= 4 is 29.3 Å². The Morgan fingerprint density at radius 2 is 1.94 bits per heavy atom. The van der Waals surface area contributed by atoms with Crippen molar-refractivity contribution in [3.63, 3.8) is 0 Å². The minimum Gasteiger partial charge on any atom is -0.486 e. The number of hydrogen-bond donors (Lipinski definition) is 1. The van der Waals surface area contributed by atoms with Crippen LogP contribution in [0.4, 0.5) is 0 Å². The van der Waals surface area contributed by atoms with Crippen LogP contribution in [0.3, 0.4) is 0 Å². The first kappa shape index (κ1) is 20.5. The summed E-state index contributed by atoms with van der Waals surface area (Å²) >= 11 is 5.42. The third-order valence-electron chi connectivity index (χ3n) is 6.00. The van der Waals surface area contributed by atoms with Crippen LogP contribution in [-0.2, 0) is 24.2 Å². The minimum atomic E-state index is -0.168. The third kappa shape index (κ3) is 4.06. The van der Waals surface area contributed by atoms with Gasteiger partial charge >= 0.3 is 0 Å². The van der Waals surface area contributed by atoms with Crippen LogP contribution in [0.1, 0.15) is 47.6 Å². The van der Waals surface area contributed by atoms with E-state index in [1.165, 1.54) is 17.5 Å². The number of rotatable bonds is 6. The topological polar surface area (TPSA) is 54.7 Å². The largest absolute Gasteiger partial charge is 0.486 e. The summed E-state index contributed by atoms with van der Waals surface area (Å²) in [6.07, 6.45) is 5.18. The van der Waals surface area contributed by atoms with E-state index in [2.05, 4.69) is 17.4 Å². The highest BCUT2D eigenvalue weighted by Crippen LogP contribution is 2.28. The van der Waals surface area contributed by atoms with Gasteiger partial charge in [-0.05, 0) is 79.4 Å². The molecular weight excluding hydrogens is 420 g/mol. The fraction of sp³-hybridized carbons (Fsp3) is 0.231.